The third kappa shape index (κ3) is 1.21. The largest absolute Gasteiger partial charge is 0.422 e. The average Bonchev–Trinajstić information content (AvgIpc) is 2.10. The molecule has 0 aromatic carbocycles. The Kier molecular flexibility index (Phi) is 1.88. The van der Waals surface area contributed by atoms with Crippen LogP contribution in [0.15, 0.2) is 21.5 Å². The Morgan fingerprint density at radius 1 is 1.21 bits per heavy atom. The highest BCUT2D eigenvalue weighted by atomic mass is 16.4. The van der Waals surface area contributed by atoms with Crippen LogP contribution >= 0.6 is 0 Å². The summed E-state index contributed by atoms with van der Waals surface area (Å²) in [7, 11) is 0. The van der Waals surface area contributed by atoms with E-state index in [1.165, 1.54) is 6.07 Å². The van der Waals surface area contributed by atoms with Gasteiger partial charge in [0.15, 0.2) is 0 Å². The van der Waals surface area contributed by atoms with Crippen molar-refractivity contribution in [2.75, 3.05) is 0 Å². The summed E-state index contributed by atoms with van der Waals surface area (Å²) in [4.78, 5) is 15.4. The predicted octanol–water partition coefficient (Wildman–Crippen LogP) is 2.11. The Morgan fingerprint density at radius 2 is 1.93 bits per heavy atom. The van der Waals surface area contributed by atoms with Gasteiger partial charge in [-0.2, -0.15) is 0 Å². The fourth-order valence-corrected chi connectivity index (χ4v) is 1.65. The molecule has 0 radical (unpaired) electrons. The van der Waals surface area contributed by atoms with E-state index in [-0.39, 0.29) is 5.63 Å². The van der Waals surface area contributed by atoms with Gasteiger partial charge in [0.2, 0.25) is 0 Å². The first-order valence-electron chi connectivity index (χ1n) is 4.46. The predicted molar refractivity (Wildman–Crippen MR) is 54.5 cm³/mol. The molecule has 3 heteroatoms. The smallest absolute Gasteiger partial charge is 0.336 e. The summed E-state index contributed by atoms with van der Waals surface area (Å²) in [5.74, 6) is 0. The zero-order chi connectivity index (χ0) is 10.3. The van der Waals surface area contributed by atoms with Crippen LogP contribution in [0.4, 0.5) is 0 Å². The van der Waals surface area contributed by atoms with Gasteiger partial charge in [0.1, 0.15) is 5.58 Å². The molecule has 0 aliphatic carbocycles. The van der Waals surface area contributed by atoms with Gasteiger partial charge in [0, 0.05) is 28.9 Å². The van der Waals surface area contributed by atoms with E-state index in [2.05, 4.69) is 4.98 Å². The lowest BCUT2D eigenvalue weighted by Crippen LogP contribution is -2.00. The molecule has 72 valence electrons. The maximum atomic E-state index is 11.2. The molecule has 14 heavy (non-hydrogen) atoms. The molecule has 0 fully saturated rings. The van der Waals surface area contributed by atoms with Crippen LogP contribution in [0.3, 0.4) is 0 Å². The van der Waals surface area contributed by atoms with E-state index in [1.54, 1.807) is 6.20 Å². The second-order valence-electron chi connectivity index (χ2n) is 3.48. The van der Waals surface area contributed by atoms with E-state index >= 15 is 0 Å². The van der Waals surface area contributed by atoms with Crippen LogP contribution in [0.1, 0.15) is 16.8 Å². The van der Waals surface area contributed by atoms with E-state index in [1.807, 2.05) is 20.8 Å². The third-order valence-electron chi connectivity index (χ3n) is 2.33. The van der Waals surface area contributed by atoms with Crippen LogP contribution in [0.2, 0.25) is 0 Å². The SMILES string of the molecule is Cc1cnc(C)c2c(C)cc(=O)oc12. The van der Waals surface area contributed by atoms with E-state index in [0.717, 1.165) is 22.2 Å². The van der Waals surface area contributed by atoms with Gasteiger partial charge in [-0.1, -0.05) is 0 Å². The number of aryl methyl sites for hydroxylation is 3. The van der Waals surface area contributed by atoms with E-state index in [9.17, 15) is 4.79 Å². The van der Waals surface area contributed by atoms with Crippen molar-refractivity contribution in [2.24, 2.45) is 0 Å². The minimum atomic E-state index is -0.302. The molecule has 0 N–H and O–H groups in total. The molecule has 2 aromatic heterocycles. The molecular weight excluding hydrogens is 178 g/mol. The first-order chi connectivity index (χ1) is 6.59. The van der Waals surface area contributed by atoms with Crippen molar-refractivity contribution >= 4 is 11.0 Å². The van der Waals surface area contributed by atoms with Crippen LogP contribution < -0.4 is 5.63 Å². The number of hydrogen-bond acceptors (Lipinski definition) is 3. The molecule has 0 amide bonds. The van der Waals surface area contributed by atoms with Gasteiger partial charge in [-0.3, -0.25) is 4.98 Å². The van der Waals surface area contributed by atoms with Crippen molar-refractivity contribution in [1.82, 2.24) is 4.98 Å². The number of pyridine rings is 1. The fraction of sp³-hybridized carbons (Fsp3) is 0.273. The highest BCUT2D eigenvalue weighted by Gasteiger charge is 2.07. The van der Waals surface area contributed by atoms with Gasteiger partial charge in [0.05, 0.1) is 0 Å². The minimum absolute atomic E-state index is 0.302. The van der Waals surface area contributed by atoms with Gasteiger partial charge >= 0.3 is 5.63 Å². The highest BCUT2D eigenvalue weighted by molar-refractivity contribution is 5.84. The molecule has 2 rings (SSSR count). The topological polar surface area (TPSA) is 43.1 Å². The van der Waals surface area contributed by atoms with Crippen molar-refractivity contribution < 1.29 is 4.42 Å². The fourth-order valence-electron chi connectivity index (χ4n) is 1.65. The van der Waals surface area contributed by atoms with Crippen molar-refractivity contribution in [2.45, 2.75) is 20.8 Å². The molecule has 0 aliphatic heterocycles. The normalized spacial score (nSPS) is 10.8. The average molecular weight is 189 g/mol. The second-order valence-corrected chi connectivity index (χ2v) is 3.48. The number of fused-ring (bicyclic) bond motifs is 1. The molecule has 0 unspecified atom stereocenters. The van der Waals surface area contributed by atoms with Crippen molar-refractivity contribution in [1.29, 1.82) is 0 Å². The standard InChI is InChI=1S/C11H11NO2/c1-6-4-9(13)14-11-7(2)5-12-8(3)10(6)11/h4-5H,1-3H3. The molecular formula is C11H11NO2. The van der Waals surface area contributed by atoms with Gasteiger partial charge in [0.25, 0.3) is 0 Å². The number of aromatic nitrogens is 1. The van der Waals surface area contributed by atoms with Crippen molar-refractivity contribution in [3.05, 3.63) is 39.5 Å². The second kappa shape index (κ2) is 2.94. The monoisotopic (exact) mass is 189 g/mol. The lowest BCUT2D eigenvalue weighted by molar-refractivity contribution is 0.556. The summed E-state index contributed by atoms with van der Waals surface area (Å²) in [5.41, 5.74) is 3.06. The summed E-state index contributed by atoms with van der Waals surface area (Å²) in [6, 6.07) is 1.50. The van der Waals surface area contributed by atoms with Crippen LogP contribution in [0, 0.1) is 20.8 Å². The van der Waals surface area contributed by atoms with Gasteiger partial charge in [-0.25, -0.2) is 4.79 Å². The van der Waals surface area contributed by atoms with E-state index < -0.39 is 0 Å². The van der Waals surface area contributed by atoms with Crippen LogP contribution in [-0.4, -0.2) is 4.98 Å². The Bertz CT molecular complexity index is 555. The van der Waals surface area contributed by atoms with Crippen LogP contribution in [-0.2, 0) is 0 Å². The van der Waals surface area contributed by atoms with Crippen molar-refractivity contribution in [3.63, 3.8) is 0 Å². The first kappa shape index (κ1) is 8.94. The Balaban J connectivity index is 3.07. The molecule has 0 aliphatic rings. The molecule has 0 spiro atoms. The lowest BCUT2D eigenvalue weighted by Gasteiger charge is -2.04. The van der Waals surface area contributed by atoms with Crippen molar-refractivity contribution in [3.8, 4) is 0 Å². The maximum Gasteiger partial charge on any atom is 0.336 e. The molecule has 0 bridgehead atoms. The Labute approximate surface area is 81.4 Å². The Hall–Kier alpha value is -1.64. The number of hydrogen-bond donors (Lipinski definition) is 0. The lowest BCUT2D eigenvalue weighted by atomic mass is 10.1. The highest BCUT2D eigenvalue weighted by Crippen LogP contribution is 2.21. The molecule has 2 aromatic rings. The summed E-state index contributed by atoms with van der Waals surface area (Å²) in [6.45, 7) is 5.69. The molecule has 3 nitrogen and oxygen atoms in total. The maximum absolute atomic E-state index is 11.2. The summed E-state index contributed by atoms with van der Waals surface area (Å²) >= 11 is 0. The quantitative estimate of drug-likeness (QED) is 0.637. The summed E-state index contributed by atoms with van der Waals surface area (Å²) in [5, 5.41) is 0.949. The number of rotatable bonds is 0. The summed E-state index contributed by atoms with van der Waals surface area (Å²) < 4.78 is 5.16. The van der Waals surface area contributed by atoms with Gasteiger partial charge < -0.3 is 4.42 Å². The van der Waals surface area contributed by atoms with Gasteiger partial charge in [-0.05, 0) is 26.3 Å². The summed E-state index contributed by atoms with van der Waals surface area (Å²) in [6.07, 6.45) is 1.72. The molecule has 0 atom stereocenters. The van der Waals surface area contributed by atoms with Crippen LogP contribution in [0.5, 0.6) is 0 Å². The molecule has 0 saturated carbocycles. The van der Waals surface area contributed by atoms with Gasteiger partial charge in [-0.15, -0.1) is 0 Å². The first-order valence-corrected chi connectivity index (χ1v) is 4.46. The van der Waals surface area contributed by atoms with E-state index in [0.29, 0.717) is 5.58 Å². The zero-order valence-corrected chi connectivity index (χ0v) is 8.42. The zero-order valence-electron chi connectivity index (χ0n) is 8.42. The molecule has 2 heterocycles. The Morgan fingerprint density at radius 3 is 2.64 bits per heavy atom. The van der Waals surface area contributed by atoms with E-state index in [4.69, 9.17) is 4.42 Å². The molecule has 0 saturated heterocycles. The minimum Gasteiger partial charge on any atom is -0.422 e. The third-order valence-corrected chi connectivity index (χ3v) is 2.33. The number of nitrogens with zero attached hydrogens (tertiary/aromatic N) is 1. The van der Waals surface area contributed by atoms with Crippen LogP contribution in [0.25, 0.3) is 11.0 Å².